The maximum absolute atomic E-state index is 13.0. The fraction of sp³-hybridized carbons (Fsp3) is 0.650. The van der Waals surface area contributed by atoms with Crippen LogP contribution in [0.4, 0.5) is 0 Å². The predicted octanol–water partition coefficient (Wildman–Crippen LogP) is -4.66. The molecule has 0 aromatic carbocycles. The maximum atomic E-state index is 13.0. The number of aliphatic imine (C=N–C) groups is 1. The van der Waals surface area contributed by atoms with Crippen molar-refractivity contribution >= 4 is 41.5 Å². The topological polar surface area (TPSA) is 273 Å². The van der Waals surface area contributed by atoms with Crippen molar-refractivity contribution in [2.24, 2.45) is 22.2 Å². The number of hydrogen-bond donors (Lipinski definition) is 9. The lowest BCUT2D eigenvalue weighted by Gasteiger charge is -2.23. The molecule has 5 amide bonds. The molecule has 0 aromatic rings. The van der Waals surface area contributed by atoms with Crippen LogP contribution in [0.3, 0.4) is 0 Å². The van der Waals surface area contributed by atoms with Gasteiger partial charge in [-0.15, -0.1) is 0 Å². The Balaban J connectivity index is 3.13. The molecule has 12 N–H and O–H groups in total. The third-order valence-corrected chi connectivity index (χ3v) is 5.05. The molecule has 1 aliphatic heterocycles. The molecule has 0 spiro atoms. The number of unbranched alkanes of at least 4 members (excludes halogenated alkanes) is 1. The summed E-state index contributed by atoms with van der Waals surface area (Å²) in [5.41, 5.74) is 16.1. The van der Waals surface area contributed by atoms with E-state index in [1.807, 2.05) is 0 Å². The van der Waals surface area contributed by atoms with Crippen molar-refractivity contribution in [3.8, 4) is 0 Å². The van der Waals surface area contributed by atoms with E-state index in [4.69, 9.17) is 22.3 Å². The largest absolute Gasteiger partial charge is 0.481 e. The quantitative estimate of drug-likeness (QED) is 0.0765. The van der Waals surface area contributed by atoms with Crippen LogP contribution in [0.1, 0.15) is 38.5 Å². The minimum absolute atomic E-state index is 0.112. The van der Waals surface area contributed by atoms with Gasteiger partial charge < -0.3 is 48.9 Å². The highest BCUT2D eigenvalue weighted by Crippen LogP contribution is 2.05. The van der Waals surface area contributed by atoms with E-state index in [1.165, 1.54) is 0 Å². The zero-order valence-electron chi connectivity index (χ0n) is 19.9. The lowest BCUT2D eigenvalue weighted by molar-refractivity contribution is -0.140. The summed E-state index contributed by atoms with van der Waals surface area (Å²) < 4.78 is 0. The molecule has 1 aliphatic rings. The molecule has 202 valence electrons. The molecular formula is C20H35N9O7. The number of nitrogens with zero attached hydrogens (tertiary/aromatic N) is 1. The molecule has 1 rings (SSSR count). The molecule has 0 aromatic heterocycles. The van der Waals surface area contributed by atoms with Crippen LogP contribution < -0.4 is 43.8 Å². The highest BCUT2D eigenvalue weighted by molar-refractivity contribution is 5.96. The Morgan fingerprint density at radius 1 is 0.806 bits per heavy atom. The summed E-state index contributed by atoms with van der Waals surface area (Å²) in [6, 6.07) is -3.61. The SMILES string of the molecule is NCCCCC1NC(=O)CNC(=O)C(CC(=O)O)NC(=O)CNC(=O)C(CCCN=C(N)N)NC1=O. The van der Waals surface area contributed by atoms with Crippen molar-refractivity contribution in [1.82, 2.24) is 26.6 Å². The minimum Gasteiger partial charge on any atom is -0.481 e. The van der Waals surface area contributed by atoms with E-state index in [-0.39, 0.29) is 25.3 Å². The normalized spacial score (nSPS) is 22.0. The van der Waals surface area contributed by atoms with Crippen LogP contribution in [-0.4, -0.2) is 90.9 Å². The summed E-state index contributed by atoms with van der Waals surface area (Å²) in [4.78, 5) is 77.7. The van der Waals surface area contributed by atoms with Crippen LogP contribution in [0.15, 0.2) is 4.99 Å². The summed E-state index contributed by atoms with van der Waals surface area (Å²) in [5.74, 6) is -5.32. The Bertz CT molecular complexity index is 845. The molecule has 0 aliphatic carbocycles. The van der Waals surface area contributed by atoms with Crippen molar-refractivity contribution in [2.75, 3.05) is 26.2 Å². The molecule has 1 heterocycles. The van der Waals surface area contributed by atoms with Crippen molar-refractivity contribution < 1.29 is 33.9 Å². The summed E-state index contributed by atoms with van der Waals surface area (Å²) in [7, 11) is 0. The molecule has 1 saturated heterocycles. The van der Waals surface area contributed by atoms with Gasteiger partial charge in [-0.25, -0.2) is 0 Å². The van der Waals surface area contributed by atoms with Gasteiger partial charge in [0.05, 0.1) is 19.5 Å². The van der Waals surface area contributed by atoms with Crippen molar-refractivity contribution in [3.63, 3.8) is 0 Å². The molecule has 3 atom stereocenters. The smallest absolute Gasteiger partial charge is 0.305 e. The van der Waals surface area contributed by atoms with Crippen molar-refractivity contribution in [1.29, 1.82) is 0 Å². The molecule has 16 heteroatoms. The first kappa shape index (κ1) is 30.1. The summed E-state index contributed by atoms with van der Waals surface area (Å²) in [6.07, 6.45) is 0.979. The summed E-state index contributed by atoms with van der Waals surface area (Å²) >= 11 is 0. The Labute approximate surface area is 207 Å². The van der Waals surface area contributed by atoms with Crippen LogP contribution >= 0.6 is 0 Å². The third kappa shape index (κ3) is 12.0. The Morgan fingerprint density at radius 2 is 1.33 bits per heavy atom. The van der Waals surface area contributed by atoms with Gasteiger partial charge in [-0.3, -0.25) is 33.8 Å². The average Bonchev–Trinajstić information content (AvgIpc) is 2.80. The van der Waals surface area contributed by atoms with E-state index in [2.05, 4.69) is 31.6 Å². The summed E-state index contributed by atoms with van der Waals surface area (Å²) in [5, 5.41) is 20.9. The van der Waals surface area contributed by atoms with Gasteiger partial charge in [0.25, 0.3) is 0 Å². The number of carbonyl (C=O) groups excluding carboxylic acids is 5. The van der Waals surface area contributed by atoms with Gasteiger partial charge >= 0.3 is 5.97 Å². The van der Waals surface area contributed by atoms with Gasteiger partial charge in [-0.2, -0.15) is 0 Å². The van der Waals surface area contributed by atoms with Gasteiger partial charge in [-0.1, -0.05) is 0 Å². The first-order chi connectivity index (χ1) is 17.0. The Kier molecular flexibility index (Phi) is 13.2. The second kappa shape index (κ2) is 15.9. The first-order valence-electron chi connectivity index (χ1n) is 11.4. The fourth-order valence-corrected chi connectivity index (χ4v) is 3.26. The van der Waals surface area contributed by atoms with E-state index < -0.39 is 73.1 Å². The minimum atomic E-state index is -1.49. The first-order valence-corrected chi connectivity index (χ1v) is 11.4. The number of nitrogens with two attached hydrogens (primary N) is 3. The van der Waals surface area contributed by atoms with Gasteiger partial charge in [0, 0.05) is 6.54 Å². The Morgan fingerprint density at radius 3 is 1.89 bits per heavy atom. The average molecular weight is 514 g/mol. The van der Waals surface area contributed by atoms with Gasteiger partial charge in [0.2, 0.25) is 29.5 Å². The number of amides is 5. The number of carboxylic acid groups (broad SMARTS) is 1. The van der Waals surface area contributed by atoms with Gasteiger partial charge in [-0.05, 0) is 38.6 Å². The predicted molar refractivity (Wildman–Crippen MR) is 127 cm³/mol. The number of aliphatic carboxylic acids is 1. The van der Waals surface area contributed by atoms with Crippen LogP contribution in [0.5, 0.6) is 0 Å². The van der Waals surface area contributed by atoms with Crippen molar-refractivity contribution in [2.45, 2.75) is 56.7 Å². The van der Waals surface area contributed by atoms with Crippen LogP contribution in [0, 0.1) is 0 Å². The second-order valence-corrected chi connectivity index (χ2v) is 8.07. The van der Waals surface area contributed by atoms with E-state index in [9.17, 15) is 28.8 Å². The molecule has 0 saturated carbocycles. The molecule has 0 bridgehead atoms. The Hall–Kier alpha value is -3.95. The van der Waals surface area contributed by atoms with E-state index in [0.29, 0.717) is 25.8 Å². The number of carboxylic acids is 1. The molecule has 3 unspecified atom stereocenters. The zero-order chi connectivity index (χ0) is 27.1. The number of rotatable bonds is 10. The second-order valence-electron chi connectivity index (χ2n) is 8.07. The molecule has 36 heavy (non-hydrogen) atoms. The van der Waals surface area contributed by atoms with Crippen LogP contribution in [-0.2, 0) is 28.8 Å². The number of guanidine groups is 1. The van der Waals surface area contributed by atoms with E-state index >= 15 is 0 Å². The lowest BCUT2D eigenvalue weighted by Crippen LogP contribution is -2.55. The zero-order valence-corrected chi connectivity index (χ0v) is 19.9. The molecule has 1 fully saturated rings. The number of carbonyl (C=O) groups is 6. The molecule has 16 nitrogen and oxygen atoms in total. The van der Waals surface area contributed by atoms with E-state index in [1.54, 1.807) is 0 Å². The highest BCUT2D eigenvalue weighted by atomic mass is 16.4. The highest BCUT2D eigenvalue weighted by Gasteiger charge is 2.29. The number of hydrogen-bond acceptors (Lipinski definition) is 8. The van der Waals surface area contributed by atoms with Crippen LogP contribution in [0.25, 0.3) is 0 Å². The monoisotopic (exact) mass is 513 g/mol. The van der Waals surface area contributed by atoms with E-state index in [0.717, 1.165) is 0 Å². The summed E-state index contributed by atoms with van der Waals surface area (Å²) in [6.45, 7) is -0.589. The molecule has 0 radical (unpaired) electrons. The number of nitrogens with one attached hydrogen (secondary N) is 5. The van der Waals surface area contributed by atoms with Gasteiger partial charge in [0.15, 0.2) is 5.96 Å². The standard InChI is InChI=1S/C20H35N9O7/c21-6-2-1-4-12-19(36)29-11(5-3-7-24-20(22)23)17(34)25-10-15(31)28-13(8-16(32)33)18(35)26-9-14(30)27-12/h11-13H,1-10,21H2,(H,25,34)(H,26,35)(H,27,30)(H,28,31)(H,29,36)(H,32,33)(H4,22,23,24). The van der Waals surface area contributed by atoms with Crippen molar-refractivity contribution in [3.05, 3.63) is 0 Å². The van der Waals surface area contributed by atoms with Crippen LogP contribution in [0.2, 0.25) is 0 Å². The fourth-order valence-electron chi connectivity index (χ4n) is 3.26. The molecular weight excluding hydrogens is 478 g/mol. The maximum Gasteiger partial charge on any atom is 0.305 e. The third-order valence-electron chi connectivity index (χ3n) is 5.05. The van der Waals surface area contributed by atoms with Gasteiger partial charge in [0.1, 0.15) is 18.1 Å². The lowest BCUT2D eigenvalue weighted by atomic mass is 10.1.